The van der Waals surface area contributed by atoms with Crippen LogP contribution in [0.15, 0.2) is 6.20 Å². The molecule has 0 aromatic carbocycles. The van der Waals surface area contributed by atoms with Gasteiger partial charge in [-0.1, -0.05) is 13.8 Å². The zero-order valence-corrected chi connectivity index (χ0v) is 14.7. The van der Waals surface area contributed by atoms with Crippen molar-refractivity contribution in [2.24, 2.45) is 0 Å². The van der Waals surface area contributed by atoms with E-state index < -0.39 is 9.84 Å². The van der Waals surface area contributed by atoms with Gasteiger partial charge in [0, 0.05) is 29.9 Å². The first-order valence-corrected chi connectivity index (χ1v) is 10.2. The summed E-state index contributed by atoms with van der Waals surface area (Å²) in [5.41, 5.74) is 0. The lowest BCUT2D eigenvalue weighted by atomic mass is 10.1. The van der Waals surface area contributed by atoms with Gasteiger partial charge in [-0.25, -0.2) is 18.2 Å². The van der Waals surface area contributed by atoms with E-state index in [4.69, 9.17) is 0 Å². The van der Waals surface area contributed by atoms with E-state index in [0.717, 1.165) is 11.4 Å². The largest absolute Gasteiger partial charge is 0.331 e. The number of aryl methyl sites for hydroxylation is 1. The molecule has 1 fully saturated rings. The monoisotopic (exact) mass is 345 g/mol. The normalized spacial score (nSPS) is 16.7. The van der Waals surface area contributed by atoms with Gasteiger partial charge >= 0.3 is 6.03 Å². The van der Waals surface area contributed by atoms with E-state index in [9.17, 15) is 13.2 Å². The Labute approximate surface area is 135 Å². The number of aromatic nitrogens is 1. The molecule has 0 saturated carbocycles. The van der Waals surface area contributed by atoms with Crippen LogP contribution in [0.4, 0.5) is 4.79 Å². The molecule has 22 heavy (non-hydrogen) atoms. The van der Waals surface area contributed by atoms with Gasteiger partial charge in [0.05, 0.1) is 11.8 Å². The summed E-state index contributed by atoms with van der Waals surface area (Å²) in [4.78, 5) is 19.3. The second-order valence-corrected chi connectivity index (χ2v) is 9.14. The maximum absolute atomic E-state index is 12.1. The van der Waals surface area contributed by atoms with Crippen molar-refractivity contribution in [1.82, 2.24) is 15.2 Å². The number of sulfone groups is 1. The first-order chi connectivity index (χ1) is 10.5. The van der Waals surface area contributed by atoms with Crippen LogP contribution >= 0.6 is 11.3 Å². The average Bonchev–Trinajstić information content (AvgIpc) is 3.00. The van der Waals surface area contributed by atoms with E-state index >= 15 is 0 Å². The Morgan fingerprint density at radius 1 is 1.41 bits per heavy atom. The number of urea groups is 1. The van der Waals surface area contributed by atoms with Crippen LogP contribution in [0, 0.1) is 0 Å². The molecule has 124 valence electrons. The SMILES string of the molecule is CCc1cnc(CNC(=O)N2CCC(S(=O)(=O)CC)CC2)s1. The van der Waals surface area contributed by atoms with Crippen molar-refractivity contribution in [1.29, 1.82) is 0 Å². The van der Waals surface area contributed by atoms with Gasteiger partial charge < -0.3 is 10.2 Å². The molecule has 0 atom stereocenters. The highest BCUT2D eigenvalue weighted by Gasteiger charge is 2.30. The summed E-state index contributed by atoms with van der Waals surface area (Å²) < 4.78 is 23.7. The highest BCUT2D eigenvalue weighted by Crippen LogP contribution is 2.19. The molecule has 1 aromatic heterocycles. The first kappa shape index (κ1) is 17.2. The maximum Gasteiger partial charge on any atom is 0.317 e. The molecule has 0 spiro atoms. The Kier molecular flexibility index (Phi) is 5.80. The Balaban J connectivity index is 1.80. The number of likely N-dealkylation sites (tertiary alicyclic amines) is 1. The number of piperidine rings is 1. The van der Waals surface area contributed by atoms with Crippen molar-refractivity contribution >= 4 is 27.2 Å². The van der Waals surface area contributed by atoms with Crippen LogP contribution in [0.2, 0.25) is 0 Å². The molecular formula is C14H23N3O3S2. The minimum absolute atomic E-state index is 0.138. The standard InChI is InChI=1S/C14H23N3O3S2/c1-3-11-9-15-13(21-11)10-16-14(18)17-7-5-12(6-8-17)22(19,20)4-2/h9,12H,3-8,10H2,1-2H3,(H,16,18). The molecule has 1 aromatic rings. The van der Waals surface area contributed by atoms with Gasteiger partial charge in [0.1, 0.15) is 5.01 Å². The summed E-state index contributed by atoms with van der Waals surface area (Å²) in [6, 6.07) is -0.138. The topological polar surface area (TPSA) is 79.4 Å². The number of nitrogens with one attached hydrogen (secondary N) is 1. The summed E-state index contributed by atoms with van der Waals surface area (Å²) in [7, 11) is -2.99. The third kappa shape index (κ3) is 4.19. The molecule has 8 heteroatoms. The van der Waals surface area contributed by atoms with E-state index in [1.54, 1.807) is 23.2 Å². The predicted octanol–water partition coefficient (Wildman–Crippen LogP) is 1.81. The Bertz CT molecular complexity index is 605. The number of nitrogens with zero attached hydrogens (tertiary/aromatic N) is 2. The number of amides is 2. The molecule has 0 aliphatic carbocycles. The fourth-order valence-electron chi connectivity index (χ4n) is 2.51. The van der Waals surface area contributed by atoms with Crippen LogP contribution in [0.3, 0.4) is 0 Å². The number of hydrogen-bond acceptors (Lipinski definition) is 5. The van der Waals surface area contributed by atoms with Gasteiger partial charge in [-0.15, -0.1) is 11.3 Å². The Morgan fingerprint density at radius 3 is 2.64 bits per heavy atom. The van der Waals surface area contributed by atoms with Crippen LogP contribution in [-0.4, -0.2) is 48.4 Å². The van der Waals surface area contributed by atoms with E-state index in [2.05, 4.69) is 17.2 Å². The molecule has 1 N–H and O–H groups in total. The van der Waals surface area contributed by atoms with Crippen LogP contribution < -0.4 is 5.32 Å². The molecule has 2 rings (SSSR count). The van der Waals surface area contributed by atoms with Gasteiger partial charge in [0.15, 0.2) is 9.84 Å². The van der Waals surface area contributed by atoms with Gasteiger partial charge in [-0.2, -0.15) is 0 Å². The van der Waals surface area contributed by atoms with Crippen LogP contribution in [0.1, 0.15) is 36.6 Å². The Hall–Kier alpha value is -1.15. The van der Waals surface area contributed by atoms with E-state index in [1.807, 2.05) is 6.20 Å². The van der Waals surface area contributed by atoms with Crippen molar-refractivity contribution in [3.63, 3.8) is 0 Å². The maximum atomic E-state index is 12.1. The number of hydrogen-bond donors (Lipinski definition) is 1. The molecule has 1 aliphatic rings. The van der Waals surface area contributed by atoms with Gasteiger partial charge in [-0.05, 0) is 19.3 Å². The molecule has 1 saturated heterocycles. The molecule has 1 aliphatic heterocycles. The van der Waals surface area contributed by atoms with Crippen LogP contribution in [0.25, 0.3) is 0 Å². The molecule has 2 heterocycles. The summed E-state index contributed by atoms with van der Waals surface area (Å²) in [5, 5.41) is 3.46. The predicted molar refractivity (Wildman–Crippen MR) is 87.8 cm³/mol. The number of carbonyl (C=O) groups excluding carboxylic acids is 1. The summed E-state index contributed by atoms with van der Waals surface area (Å²) in [6.07, 6.45) is 3.85. The van der Waals surface area contributed by atoms with Gasteiger partial charge in [0.25, 0.3) is 0 Å². The summed E-state index contributed by atoms with van der Waals surface area (Å²) in [6.45, 7) is 5.16. The second-order valence-electron chi connectivity index (χ2n) is 5.37. The van der Waals surface area contributed by atoms with Crippen molar-refractivity contribution in [3.8, 4) is 0 Å². The van der Waals surface area contributed by atoms with Crippen molar-refractivity contribution in [3.05, 3.63) is 16.1 Å². The van der Waals surface area contributed by atoms with Crippen molar-refractivity contribution in [2.75, 3.05) is 18.8 Å². The number of thiazole rings is 1. The fourth-order valence-corrected chi connectivity index (χ4v) is 4.71. The smallest absolute Gasteiger partial charge is 0.317 e. The average molecular weight is 345 g/mol. The van der Waals surface area contributed by atoms with Crippen LogP contribution in [-0.2, 0) is 22.8 Å². The quantitative estimate of drug-likeness (QED) is 0.883. The number of carbonyl (C=O) groups is 1. The molecule has 6 nitrogen and oxygen atoms in total. The molecule has 0 unspecified atom stereocenters. The number of rotatable bonds is 5. The Morgan fingerprint density at radius 2 is 2.09 bits per heavy atom. The van der Waals surface area contributed by atoms with E-state index in [0.29, 0.717) is 32.5 Å². The summed E-state index contributed by atoms with van der Waals surface area (Å²) >= 11 is 1.60. The van der Waals surface area contributed by atoms with E-state index in [1.165, 1.54) is 4.88 Å². The third-order valence-electron chi connectivity index (χ3n) is 3.98. The molecular weight excluding hydrogens is 322 g/mol. The van der Waals surface area contributed by atoms with E-state index in [-0.39, 0.29) is 17.0 Å². The minimum atomic E-state index is -2.99. The zero-order valence-electron chi connectivity index (χ0n) is 13.0. The van der Waals surface area contributed by atoms with Gasteiger partial charge in [-0.3, -0.25) is 0 Å². The zero-order chi connectivity index (χ0) is 16.2. The van der Waals surface area contributed by atoms with Gasteiger partial charge in [0.2, 0.25) is 0 Å². The minimum Gasteiger partial charge on any atom is -0.331 e. The van der Waals surface area contributed by atoms with Crippen LogP contribution in [0.5, 0.6) is 0 Å². The molecule has 0 radical (unpaired) electrons. The lowest BCUT2D eigenvalue weighted by Gasteiger charge is -2.31. The highest BCUT2D eigenvalue weighted by molar-refractivity contribution is 7.92. The lowest BCUT2D eigenvalue weighted by Crippen LogP contribution is -2.46. The fraction of sp³-hybridized carbons (Fsp3) is 0.714. The highest BCUT2D eigenvalue weighted by atomic mass is 32.2. The lowest BCUT2D eigenvalue weighted by molar-refractivity contribution is 0.186. The summed E-state index contributed by atoms with van der Waals surface area (Å²) in [5.74, 6) is 0.174. The third-order valence-corrected chi connectivity index (χ3v) is 7.41. The molecule has 2 amide bonds. The van der Waals surface area contributed by atoms with Crippen molar-refractivity contribution in [2.45, 2.75) is 44.9 Å². The second kappa shape index (κ2) is 7.41. The molecule has 0 bridgehead atoms. The van der Waals surface area contributed by atoms with Crippen molar-refractivity contribution < 1.29 is 13.2 Å². The first-order valence-electron chi connectivity index (χ1n) is 7.64.